The maximum atomic E-state index is 11.4. The minimum atomic E-state index is -0.462. The topological polar surface area (TPSA) is 90.4 Å². The van der Waals surface area contributed by atoms with Crippen molar-refractivity contribution in [2.24, 2.45) is 11.1 Å². The molecule has 0 bridgehead atoms. The third-order valence-electron chi connectivity index (χ3n) is 3.76. The van der Waals surface area contributed by atoms with Gasteiger partial charge in [-0.25, -0.2) is 0 Å². The van der Waals surface area contributed by atoms with Gasteiger partial charge in [0.1, 0.15) is 0 Å². The number of rotatable bonds is 7. The summed E-state index contributed by atoms with van der Waals surface area (Å²) in [5.41, 5.74) is 13.1. The Hall–Kier alpha value is -1.75. The van der Waals surface area contributed by atoms with Crippen LogP contribution in [0.25, 0.3) is 0 Å². The molecule has 1 aliphatic rings. The molecule has 5 nitrogen and oxygen atoms in total. The second-order valence-electron chi connectivity index (χ2n) is 5.27. The van der Waals surface area contributed by atoms with Gasteiger partial charge in [0.25, 0.3) is 5.91 Å². The smallest absolute Gasteiger partial charge is 0.250 e. The molecule has 0 saturated heterocycles. The summed E-state index contributed by atoms with van der Waals surface area (Å²) in [7, 11) is 1.72. The summed E-state index contributed by atoms with van der Waals surface area (Å²) in [6, 6.07) is 5.19. The summed E-state index contributed by atoms with van der Waals surface area (Å²) in [5.74, 6) is -0.462. The van der Waals surface area contributed by atoms with E-state index in [4.69, 9.17) is 16.2 Å². The van der Waals surface area contributed by atoms with Crippen LogP contribution < -0.4 is 16.8 Å². The van der Waals surface area contributed by atoms with Gasteiger partial charge in [0, 0.05) is 31.6 Å². The average Bonchev–Trinajstić information content (AvgIpc) is 3.15. The van der Waals surface area contributed by atoms with Gasteiger partial charge < -0.3 is 21.5 Å². The fraction of sp³-hybridized carbons (Fsp3) is 0.500. The van der Waals surface area contributed by atoms with E-state index >= 15 is 0 Å². The van der Waals surface area contributed by atoms with Crippen molar-refractivity contribution in [2.75, 3.05) is 31.3 Å². The Bertz CT molecular complexity index is 470. The van der Waals surface area contributed by atoms with Crippen LogP contribution in [0.3, 0.4) is 0 Å². The van der Waals surface area contributed by atoms with E-state index < -0.39 is 5.91 Å². The zero-order valence-electron chi connectivity index (χ0n) is 11.2. The lowest BCUT2D eigenvalue weighted by Crippen LogP contribution is -2.20. The number of anilines is 2. The van der Waals surface area contributed by atoms with E-state index in [1.165, 1.54) is 12.8 Å². The molecule has 1 saturated carbocycles. The lowest BCUT2D eigenvalue weighted by molar-refractivity contribution is 0.100. The third-order valence-corrected chi connectivity index (χ3v) is 3.76. The molecule has 0 atom stereocenters. The first-order chi connectivity index (χ1) is 9.06. The number of carbonyl (C=O) groups excluding carboxylic acids is 1. The first-order valence-corrected chi connectivity index (χ1v) is 6.48. The van der Waals surface area contributed by atoms with Crippen LogP contribution in [0.2, 0.25) is 0 Å². The fourth-order valence-corrected chi connectivity index (χ4v) is 2.21. The van der Waals surface area contributed by atoms with Crippen molar-refractivity contribution >= 4 is 17.3 Å². The van der Waals surface area contributed by atoms with E-state index in [0.29, 0.717) is 16.7 Å². The molecule has 1 aromatic rings. The minimum absolute atomic E-state index is 0.312. The second kappa shape index (κ2) is 5.48. The molecule has 1 aliphatic carbocycles. The van der Waals surface area contributed by atoms with Gasteiger partial charge in [0.15, 0.2) is 0 Å². The van der Waals surface area contributed by atoms with Crippen molar-refractivity contribution in [1.82, 2.24) is 0 Å². The Balaban J connectivity index is 2.01. The highest BCUT2D eigenvalue weighted by molar-refractivity contribution is 5.99. The lowest BCUT2D eigenvalue weighted by Gasteiger charge is -2.18. The molecule has 0 spiro atoms. The summed E-state index contributed by atoms with van der Waals surface area (Å²) < 4.78 is 5.13. The predicted molar refractivity (Wildman–Crippen MR) is 76.0 cm³/mol. The van der Waals surface area contributed by atoms with Crippen molar-refractivity contribution in [1.29, 1.82) is 0 Å². The number of ether oxygens (including phenoxy) is 1. The normalized spacial score (nSPS) is 16.1. The fourth-order valence-electron chi connectivity index (χ4n) is 2.21. The van der Waals surface area contributed by atoms with Crippen molar-refractivity contribution in [3.8, 4) is 0 Å². The highest BCUT2D eigenvalue weighted by atomic mass is 16.5. The number of hydrogen-bond acceptors (Lipinski definition) is 4. The number of nitrogens with one attached hydrogen (secondary N) is 1. The number of hydrogen-bond donors (Lipinski definition) is 3. The van der Waals surface area contributed by atoms with Crippen molar-refractivity contribution in [2.45, 2.75) is 19.3 Å². The quantitative estimate of drug-likeness (QED) is 0.652. The highest BCUT2D eigenvalue weighted by Gasteiger charge is 2.41. The molecule has 1 aromatic carbocycles. The summed E-state index contributed by atoms with van der Waals surface area (Å²) in [4.78, 5) is 11.4. The van der Waals surface area contributed by atoms with Crippen LogP contribution in [-0.4, -0.2) is 26.2 Å². The van der Waals surface area contributed by atoms with Gasteiger partial charge in [0.05, 0.1) is 5.56 Å². The SMILES string of the molecule is COCCC1(CNc2ccc(N)cc2C(N)=O)CC1. The number of methoxy groups -OCH3 is 1. The zero-order valence-corrected chi connectivity index (χ0v) is 11.2. The van der Waals surface area contributed by atoms with Gasteiger partial charge in [-0.15, -0.1) is 0 Å². The molecular weight excluding hydrogens is 242 g/mol. The molecule has 1 amide bonds. The largest absolute Gasteiger partial charge is 0.399 e. The second-order valence-corrected chi connectivity index (χ2v) is 5.27. The molecule has 1 fully saturated rings. The van der Waals surface area contributed by atoms with Crippen LogP contribution in [0.5, 0.6) is 0 Å². The molecule has 0 aromatic heterocycles. The monoisotopic (exact) mass is 263 g/mol. The Kier molecular flexibility index (Phi) is 3.95. The molecule has 19 heavy (non-hydrogen) atoms. The summed E-state index contributed by atoms with van der Waals surface area (Å²) >= 11 is 0. The number of benzene rings is 1. The Morgan fingerprint density at radius 1 is 1.47 bits per heavy atom. The lowest BCUT2D eigenvalue weighted by atomic mass is 10.0. The number of nitrogens with two attached hydrogens (primary N) is 2. The number of primary amides is 1. The van der Waals surface area contributed by atoms with Crippen LogP contribution in [0, 0.1) is 5.41 Å². The molecule has 0 unspecified atom stereocenters. The standard InChI is InChI=1S/C14H21N3O2/c1-19-7-6-14(4-5-14)9-17-12-3-2-10(15)8-11(12)13(16)18/h2-3,8,17H,4-7,9,15H2,1H3,(H2,16,18). The van der Waals surface area contributed by atoms with Crippen LogP contribution >= 0.6 is 0 Å². The van der Waals surface area contributed by atoms with Crippen molar-refractivity contribution in [3.63, 3.8) is 0 Å². The van der Waals surface area contributed by atoms with Gasteiger partial charge in [-0.3, -0.25) is 4.79 Å². The molecule has 0 aliphatic heterocycles. The highest BCUT2D eigenvalue weighted by Crippen LogP contribution is 2.48. The molecule has 0 heterocycles. The molecule has 5 heteroatoms. The number of nitrogen functional groups attached to an aromatic ring is 1. The van der Waals surface area contributed by atoms with Gasteiger partial charge >= 0.3 is 0 Å². The Morgan fingerprint density at radius 3 is 2.79 bits per heavy atom. The van der Waals surface area contributed by atoms with Gasteiger partial charge in [-0.05, 0) is 42.9 Å². The van der Waals surface area contributed by atoms with E-state index in [1.54, 1.807) is 19.2 Å². The van der Waals surface area contributed by atoms with Crippen LogP contribution in [0.4, 0.5) is 11.4 Å². The van der Waals surface area contributed by atoms with Crippen LogP contribution in [0.15, 0.2) is 18.2 Å². The predicted octanol–water partition coefficient (Wildman–Crippen LogP) is 1.60. The summed E-state index contributed by atoms with van der Waals surface area (Å²) in [6.07, 6.45) is 3.44. The first-order valence-electron chi connectivity index (χ1n) is 6.48. The number of carbonyl (C=O) groups is 1. The van der Waals surface area contributed by atoms with Gasteiger partial charge in [-0.1, -0.05) is 0 Å². The first kappa shape index (κ1) is 13.7. The average molecular weight is 263 g/mol. The summed E-state index contributed by atoms with van der Waals surface area (Å²) in [5, 5.41) is 3.32. The van der Waals surface area contributed by atoms with Gasteiger partial charge in [0.2, 0.25) is 0 Å². The maximum absolute atomic E-state index is 11.4. The van der Waals surface area contributed by atoms with Crippen LogP contribution in [0.1, 0.15) is 29.6 Å². The molecule has 5 N–H and O–H groups in total. The Labute approximate surface area is 113 Å². The maximum Gasteiger partial charge on any atom is 0.250 e. The van der Waals surface area contributed by atoms with E-state index in [9.17, 15) is 4.79 Å². The van der Waals surface area contributed by atoms with Crippen molar-refractivity contribution in [3.05, 3.63) is 23.8 Å². The van der Waals surface area contributed by atoms with Crippen molar-refractivity contribution < 1.29 is 9.53 Å². The van der Waals surface area contributed by atoms with Crippen LogP contribution in [-0.2, 0) is 4.74 Å². The molecule has 0 radical (unpaired) electrons. The molecule has 2 rings (SSSR count). The van der Waals surface area contributed by atoms with E-state index in [2.05, 4.69) is 5.32 Å². The molecular formula is C14H21N3O2. The molecule has 104 valence electrons. The number of amides is 1. The van der Waals surface area contributed by atoms with Gasteiger partial charge in [-0.2, -0.15) is 0 Å². The minimum Gasteiger partial charge on any atom is -0.399 e. The summed E-state index contributed by atoms with van der Waals surface area (Å²) in [6.45, 7) is 1.60. The van der Waals surface area contributed by atoms with E-state index in [0.717, 1.165) is 25.3 Å². The van der Waals surface area contributed by atoms with E-state index in [1.807, 2.05) is 6.07 Å². The Morgan fingerprint density at radius 2 is 2.21 bits per heavy atom. The van der Waals surface area contributed by atoms with E-state index in [-0.39, 0.29) is 0 Å². The third kappa shape index (κ3) is 3.38. The zero-order chi connectivity index (χ0) is 13.9.